The molecular weight excluding hydrogens is 429 g/mol. The van der Waals surface area contributed by atoms with Gasteiger partial charge in [0.25, 0.3) is 5.91 Å². The lowest BCUT2D eigenvalue weighted by molar-refractivity contribution is 0.0948. The van der Waals surface area contributed by atoms with Gasteiger partial charge in [0.15, 0.2) is 0 Å². The molecule has 2 aromatic carbocycles. The number of anilines is 1. The van der Waals surface area contributed by atoms with Crippen LogP contribution >= 0.6 is 22.6 Å². The van der Waals surface area contributed by atoms with Gasteiger partial charge in [0.2, 0.25) is 0 Å². The van der Waals surface area contributed by atoms with Gasteiger partial charge in [0.1, 0.15) is 5.75 Å². The summed E-state index contributed by atoms with van der Waals surface area (Å²) in [6.45, 7) is 7.83. The van der Waals surface area contributed by atoms with E-state index in [1.165, 1.54) is 0 Å². The highest BCUT2D eigenvalue weighted by molar-refractivity contribution is 14.1. The largest absolute Gasteiger partial charge is 0.494 e. The lowest BCUT2D eigenvalue weighted by Crippen LogP contribution is -2.13. The van der Waals surface area contributed by atoms with E-state index in [-0.39, 0.29) is 5.91 Å². The van der Waals surface area contributed by atoms with E-state index in [0.29, 0.717) is 31.3 Å². The Labute approximate surface area is 163 Å². The van der Waals surface area contributed by atoms with Crippen molar-refractivity contribution in [2.45, 2.75) is 27.4 Å². The van der Waals surface area contributed by atoms with Crippen molar-refractivity contribution in [1.29, 1.82) is 0 Å². The van der Waals surface area contributed by atoms with Crippen LogP contribution in [0, 0.1) is 9.49 Å². The van der Waals surface area contributed by atoms with Crippen molar-refractivity contribution in [1.82, 2.24) is 0 Å². The lowest BCUT2D eigenvalue weighted by atomic mass is 10.1. The number of benzene rings is 2. The van der Waals surface area contributed by atoms with Crippen LogP contribution < -0.4 is 10.1 Å². The molecule has 4 nitrogen and oxygen atoms in total. The monoisotopic (exact) mass is 453 g/mol. The molecule has 0 aliphatic heterocycles. The van der Waals surface area contributed by atoms with E-state index in [1.807, 2.05) is 43.3 Å². The van der Waals surface area contributed by atoms with Crippen LogP contribution in [0.25, 0.3) is 0 Å². The van der Waals surface area contributed by atoms with Crippen LogP contribution in [0.2, 0.25) is 0 Å². The summed E-state index contributed by atoms with van der Waals surface area (Å²) < 4.78 is 12.5. The summed E-state index contributed by atoms with van der Waals surface area (Å²) in [5.74, 6) is 1.08. The molecule has 1 N–H and O–H groups in total. The average Bonchev–Trinajstić information content (AvgIpc) is 2.58. The fourth-order valence-electron chi connectivity index (χ4n) is 2.27. The molecule has 1 amide bonds. The Balaban J connectivity index is 2.13. The van der Waals surface area contributed by atoms with Gasteiger partial charge in [0, 0.05) is 27.0 Å². The Kier molecular flexibility index (Phi) is 7.71. The zero-order chi connectivity index (χ0) is 18.2. The van der Waals surface area contributed by atoms with Crippen LogP contribution in [0.5, 0.6) is 5.75 Å². The van der Waals surface area contributed by atoms with Gasteiger partial charge in [-0.1, -0.05) is 13.8 Å². The molecule has 0 heterocycles. The SMILES string of the molecule is CCOc1ccc(C(=O)Nc2ccc(I)cc2)cc1COCC(C)C. The normalized spacial score (nSPS) is 10.8. The number of carbonyl (C=O) groups excluding carboxylic acids is 1. The molecule has 0 saturated carbocycles. The maximum atomic E-state index is 12.5. The van der Waals surface area contributed by atoms with Gasteiger partial charge < -0.3 is 14.8 Å². The molecular formula is C20H24INO3. The van der Waals surface area contributed by atoms with E-state index in [2.05, 4.69) is 41.8 Å². The number of hydrogen-bond acceptors (Lipinski definition) is 3. The van der Waals surface area contributed by atoms with Crippen molar-refractivity contribution >= 4 is 34.2 Å². The maximum Gasteiger partial charge on any atom is 0.255 e. The highest BCUT2D eigenvalue weighted by Crippen LogP contribution is 2.22. The Hall–Kier alpha value is -1.60. The van der Waals surface area contributed by atoms with E-state index in [4.69, 9.17) is 9.47 Å². The molecule has 0 aliphatic rings. The van der Waals surface area contributed by atoms with Crippen molar-refractivity contribution < 1.29 is 14.3 Å². The Bertz CT molecular complexity index is 699. The van der Waals surface area contributed by atoms with Crippen LogP contribution in [0.15, 0.2) is 42.5 Å². The highest BCUT2D eigenvalue weighted by atomic mass is 127. The molecule has 2 rings (SSSR count). The standard InChI is InChI=1S/C20H24INO3/c1-4-25-19-10-5-15(11-16(19)13-24-12-14(2)3)20(23)22-18-8-6-17(21)7-9-18/h5-11,14H,4,12-13H2,1-3H3,(H,22,23). The third-order valence-corrected chi connectivity index (χ3v) is 4.15. The minimum absolute atomic E-state index is 0.144. The third kappa shape index (κ3) is 6.32. The fourth-order valence-corrected chi connectivity index (χ4v) is 2.63. The summed E-state index contributed by atoms with van der Waals surface area (Å²) in [4.78, 5) is 12.5. The van der Waals surface area contributed by atoms with Crippen molar-refractivity contribution in [3.8, 4) is 5.75 Å². The first-order valence-corrected chi connectivity index (χ1v) is 9.48. The van der Waals surface area contributed by atoms with E-state index in [1.54, 1.807) is 6.07 Å². The molecule has 0 aliphatic carbocycles. The summed E-state index contributed by atoms with van der Waals surface area (Å²) in [6.07, 6.45) is 0. The number of carbonyl (C=O) groups is 1. The Morgan fingerprint density at radius 2 is 1.88 bits per heavy atom. The summed E-state index contributed by atoms with van der Waals surface area (Å²) in [5.41, 5.74) is 2.25. The molecule has 0 radical (unpaired) electrons. The minimum Gasteiger partial charge on any atom is -0.494 e. The van der Waals surface area contributed by atoms with E-state index in [9.17, 15) is 4.79 Å². The van der Waals surface area contributed by atoms with Gasteiger partial charge >= 0.3 is 0 Å². The Morgan fingerprint density at radius 3 is 2.52 bits per heavy atom. The van der Waals surface area contributed by atoms with Gasteiger partial charge in [-0.25, -0.2) is 0 Å². The lowest BCUT2D eigenvalue weighted by Gasteiger charge is -2.14. The number of ether oxygens (including phenoxy) is 2. The molecule has 25 heavy (non-hydrogen) atoms. The first kappa shape index (κ1) is 19.7. The molecule has 2 aromatic rings. The first-order valence-electron chi connectivity index (χ1n) is 8.40. The van der Waals surface area contributed by atoms with E-state index < -0.39 is 0 Å². The molecule has 0 spiro atoms. The van der Waals surface area contributed by atoms with Crippen molar-refractivity contribution in [2.75, 3.05) is 18.5 Å². The molecule has 0 saturated heterocycles. The van der Waals surface area contributed by atoms with Crippen LogP contribution in [0.3, 0.4) is 0 Å². The summed E-state index contributed by atoms with van der Waals surface area (Å²) in [7, 11) is 0. The van der Waals surface area contributed by atoms with Crippen molar-refractivity contribution in [3.05, 3.63) is 57.2 Å². The molecule has 0 aromatic heterocycles. The third-order valence-electron chi connectivity index (χ3n) is 3.43. The second-order valence-electron chi connectivity index (χ2n) is 6.13. The van der Waals surface area contributed by atoms with Crippen molar-refractivity contribution in [3.63, 3.8) is 0 Å². The quantitative estimate of drug-likeness (QED) is 0.565. The second-order valence-corrected chi connectivity index (χ2v) is 7.37. The van der Waals surface area contributed by atoms with Gasteiger partial charge in [-0.05, 0) is 77.9 Å². The number of halogens is 1. The smallest absolute Gasteiger partial charge is 0.255 e. The second kappa shape index (κ2) is 9.77. The van der Waals surface area contributed by atoms with E-state index >= 15 is 0 Å². The van der Waals surface area contributed by atoms with Gasteiger partial charge in [-0.15, -0.1) is 0 Å². The first-order chi connectivity index (χ1) is 12.0. The number of hydrogen-bond donors (Lipinski definition) is 1. The molecule has 0 fully saturated rings. The molecule has 0 atom stereocenters. The van der Waals surface area contributed by atoms with Gasteiger partial charge in [-0.2, -0.15) is 0 Å². The number of nitrogens with one attached hydrogen (secondary N) is 1. The summed E-state index contributed by atoms with van der Waals surface area (Å²) in [6, 6.07) is 13.1. The Morgan fingerprint density at radius 1 is 1.16 bits per heavy atom. The average molecular weight is 453 g/mol. The predicted molar refractivity (Wildman–Crippen MR) is 109 cm³/mol. The fraction of sp³-hybridized carbons (Fsp3) is 0.350. The molecule has 0 bridgehead atoms. The van der Waals surface area contributed by atoms with E-state index in [0.717, 1.165) is 20.6 Å². The highest BCUT2D eigenvalue weighted by Gasteiger charge is 2.11. The summed E-state index contributed by atoms with van der Waals surface area (Å²) in [5, 5.41) is 2.91. The van der Waals surface area contributed by atoms with Gasteiger partial charge in [-0.3, -0.25) is 4.79 Å². The minimum atomic E-state index is -0.144. The zero-order valence-corrected chi connectivity index (χ0v) is 17.0. The molecule has 134 valence electrons. The molecule has 0 unspecified atom stereocenters. The number of amides is 1. The zero-order valence-electron chi connectivity index (χ0n) is 14.8. The molecule has 5 heteroatoms. The topological polar surface area (TPSA) is 47.6 Å². The van der Waals surface area contributed by atoms with Crippen LogP contribution in [0.4, 0.5) is 5.69 Å². The summed E-state index contributed by atoms with van der Waals surface area (Å²) >= 11 is 2.23. The van der Waals surface area contributed by atoms with Crippen LogP contribution in [-0.4, -0.2) is 19.1 Å². The van der Waals surface area contributed by atoms with Crippen LogP contribution in [-0.2, 0) is 11.3 Å². The van der Waals surface area contributed by atoms with Crippen LogP contribution in [0.1, 0.15) is 36.7 Å². The van der Waals surface area contributed by atoms with Gasteiger partial charge in [0.05, 0.1) is 13.2 Å². The van der Waals surface area contributed by atoms with Crippen molar-refractivity contribution in [2.24, 2.45) is 5.92 Å². The predicted octanol–water partition coefficient (Wildman–Crippen LogP) is 5.11. The maximum absolute atomic E-state index is 12.5. The number of rotatable bonds is 8.